The second-order valence-electron chi connectivity index (χ2n) is 4.35. The van der Waals surface area contributed by atoms with Crippen molar-refractivity contribution in [1.82, 2.24) is 0 Å². The Morgan fingerprint density at radius 3 is 2.40 bits per heavy atom. The highest BCUT2D eigenvalue weighted by atomic mass is 32.2. The summed E-state index contributed by atoms with van der Waals surface area (Å²) in [5.41, 5.74) is 1.70. The van der Waals surface area contributed by atoms with Gasteiger partial charge in [-0.2, -0.15) is 5.26 Å². The van der Waals surface area contributed by atoms with Crippen molar-refractivity contribution in [2.24, 2.45) is 0 Å². The van der Waals surface area contributed by atoms with E-state index in [4.69, 9.17) is 5.26 Å². The lowest BCUT2D eigenvalue weighted by atomic mass is 10.1. The van der Waals surface area contributed by atoms with Gasteiger partial charge in [0.25, 0.3) is 0 Å². The van der Waals surface area contributed by atoms with Gasteiger partial charge < -0.3 is 0 Å². The van der Waals surface area contributed by atoms with E-state index in [-0.39, 0.29) is 9.80 Å². The first-order chi connectivity index (χ1) is 9.54. The standard InChI is InChI=1S/C16H13NO2S/c1-13-6-5-7-14(10-13)11-16(12-17)20(18,19)15-8-3-2-4-9-15/h2-11H,1H3/b16-11+. The molecule has 2 aromatic carbocycles. The van der Waals surface area contributed by atoms with Gasteiger partial charge in [-0.25, -0.2) is 8.42 Å². The molecule has 100 valence electrons. The Balaban J connectivity index is 2.51. The van der Waals surface area contributed by atoms with Crippen LogP contribution in [-0.2, 0) is 9.84 Å². The molecule has 0 fully saturated rings. The Morgan fingerprint density at radius 2 is 1.80 bits per heavy atom. The lowest BCUT2D eigenvalue weighted by molar-refractivity contribution is 0.603. The SMILES string of the molecule is Cc1cccc(/C=C(\C#N)S(=O)(=O)c2ccccc2)c1. The number of rotatable bonds is 3. The number of allylic oxidation sites excluding steroid dienone is 1. The maximum absolute atomic E-state index is 12.4. The van der Waals surface area contributed by atoms with Gasteiger partial charge in [0.2, 0.25) is 9.84 Å². The molecule has 0 saturated carbocycles. The third-order valence-electron chi connectivity index (χ3n) is 2.79. The molecule has 0 amide bonds. The first-order valence-electron chi connectivity index (χ1n) is 6.02. The quantitative estimate of drug-likeness (QED) is 0.812. The van der Waals surface area contributed by atoms with Crippen molar-refractivity contribution in [1.29, 1.82) is 5.26 Å². The summed E-state index contributed by atoms with van der Waals surface area (Å²) in [5, 5.41) is 9.16. The van der Waals surface area contributed by atoms with E-state index in [1.807, 2.05) is 25.1 Å². The lowest BCUT2D eigenvalue weighted by Crippen LogP contribution is -2.03. The second-order valence-corrected chi connectivity index (χ2v) is 6.27. The number of hydrogen-bond acceptors (Lipinski definition) is 3. The van der Waals surface area contributed by atoms with E-state index < -0.39 is 9.84 Å². The third kappa shape index (κ3) is 2.95. The number of benzene rings is 2. The third-order valence-corrected chi connectivity index (χ3v) is 4.47. The predicted octanol–water partition coefficient (Wildman–Crippen LogP) is 3.33. The summed E-state index contributed by atoms with van der Waals surface area (Å²) in [4.78, 5) is -0.130. The molecule has 2 aromatic rings. The van der Waals surface area contributed by atoms with E-state index in [1.54, 1.807) is 30.3 Å². The topological polar surface area (TPSA) is 57.9 Å². The van der Waals surface area contributed by atoms with Gasteiger partial charge in [0.05, 0.1) is 4.90 Å². The van der Waals surface area contributed by atoms with Crippen molar-refractivity contribution in [2.45, 2.75) is 11.8 Å². The molecule has 4 heteroatoms. The maximum atomic E-state index is 12.4. The van der Waals surface area contributed by atoms with Crippen LogP contribution in [-0.4, -0.2) is 8.42 Å². The van der Waals surface area contributed by atoms with Gasteiger partial charge in [0.15, 0.2) is 0 Å². The smallest absolute Gasteiger partial charge is 0.216 e. The fraction of sp³-hybridized carbons (Fsp3) is 0.0625. The molecule has 0 aliphatic heterocycles. The molecule has 0 bridgehead atoms. The molecule has 0 radical (unpaired) electrons. The normalized spacial score (nSPS) is 11.9. The van der Waals surface area contributed by atoms with E-state index >= 15 is 0 Å². The van der Waals surface area contributed by atoms with Crippen LogP contribution >= 0.6 is 0 Å². The lowest BCUT2D eigenvalue weighted by Gasteiger charge is -2.03. The molecule has 2 rings (SSSR count). The molecule has 0 aromatic heterocycles. The molecule has 3 nitrogen and oxygen atoms in total. The van der Waals surface area contributed by atoms with Gasteiger partial charge in [-0.15, -0.1) is 0 Å². The number of nitrogens with zero attached hydrogens (tertiary/aromatic N) is 1. The van der Waals surface area contributed by atoms with Crippen LogP contribution in [0.4, 0.5) is 0 Å². The van der Waals surface area contributed by atoms with Crippen molar-refractivity contribution >= 4 is 15.9 Å². The number of nitriles is 1. The highest BCUT2D eigenvalue weighted by Gasteiger charge is 2.20. The summed E-state index contributed by atoms with van der Waals surface area (Å²) >= 11 is 0. The first kappa shape index (κ1) is 14.0. The van der Waals surface area contributed by atoms with Crippen molar-refractivity contribution in [2.75, 3.05) is 0 Å². The summed E-state index contributed by atoms with van der Waals surface area (Å²) in [6, 6.07) is 17.1. The molecule has 0 atom stereocenters. The molecular weight excluding hydrogens is 270 g/mol. The van der Waals surface area contributed by atoms with Crippen LogP contribution in [0.5, 0.6) is 0 Å². The molecule has 0 saturated heterocycles. The molecule has 0 aliphatic rings. The van der Waals surface area contributed by atoms with Crippen molar-refractivity contribution < 1.29 is 8.42 Å². The van der Waals surface area contributed by atoms with E-state index in [1.165, 1.54) is 18.2 Å². The van der Waals surface area contributed by atoms with Crippen molar-refractivity contribution in [3.8, 4) is 6.07 Å². The van der Waals surface area contributed by atoms with Gasteiger partial charge in [0, 0.05) is 0 Å². The van der Waals surface area contributed by atoms with Gasteiger partial charge in [-0.3, -0.25) is 0 Å². The molecule has 20 heavy (non-hydrogen) atoms. The Morgan fingerprint density at radius 1 is 1.10 bits per heavy atom. The summed E-state index contributed by atoms with van der Waals surface area (Å²) in [6.07, 6.45) is 1.40. The summed E-state index contributed by atoms with van der Waals surface area (Å²) in [6.45, 7) is 1.91. The molecule has 0 heterocycles. The average molecular weight is 283 g/mol. The summed E-state index contributed by atoms with van der Waals surface area (Å²) in [5.74, 6) is 0. The minimum Gasteiger partial charge on any atom is -0.218 e. The molecule has 0 N–H and O–H groups in total. The van der Waals surface area contributed by atoms with E-state index in [2.05, 4.69) is 0 Å². The predicted molar refractivity (Wildman–Crippen MR) is 78.4 cm³/mol. The maximum Gasteiger partial charge on any atom is 0.216 e. The van der Waals surface area contributed by atoms with E-state index in [9.17, 15) is 8.42 Å². The first-order valence-corrected chi connectivity index (χ1v) is 7.51. The van der Waals surface area contributed by atoms with E-state index in [0.29, 0.717) is 5.56 Å². The Hall–Kier alpha value is -2.38. The van der Waals surface area contributed by atoms with Crippen LogP contribution in [0, 0.1) is 18.3 Å². The van der Waals surface area contributed by atoms with Gasteiger partial charge >= 0.3 is 0 Å². The number of aryl methyl sites for hydroxylation is 1. The monoisotopic (exact) mass is 283 g/mol. The van der Waals surface area contributed by atoms with Gasteiger partial charge in [0.1, 0.15) is 11.0 Å². The van der Waals surface area contributed by atoms with Gasteiger partial charge in [-0.1, -0.05) is 48.0 Å². The largest absolute Gasteiger partial charge is 0.218 e. The van der Waals surface area contributed by atoms with Crippen LogP contribution < -0.4 is 0 Å². The fourth-order valence-electron chi connectivity index (χ4n) is 1.81. The van der Waals surface area contributed by atoms with Gasteiger partial charge in [-0.05, 0) is 30.7 Å². The van der Waals surface area contributed by atoms with E-state index in [0.717, 1.165) is 5.56 Å². The zero-order chi connectivity index (χ0) is 14.6. The van der Waals surface area contributed by atoms with Crippen LogP contribution in [0.1, 0.15) is 11.1 Å². The highest BCUT2D eigenvalue weighted by molar-refractivity contribution is 7.95. The zero-order valence-electron chi connectivity index (χ0n) is 10.9. The number of sulfone groups is 1. The average Bonchev–Trinajstić information content (AvgIpc) is 2.45. The molecule has 0 aliphatic carbocycles. The molecular formula is C16H13NO2S. The zero-order valence-corrected chi connectivity index (χ0v) is 11.8. The molecule has 0 spiro atoms. The minimum atomic E-state index is -3.76. The van der Waals surface area contributed by atoms with Crippen LogP contribution in [0.2, 0.25) is 0 Å². The van der Waals surface area contributed by atoms with Crippen LogP contribution in [0.15, 0.2) is 64.4 Å². The summed E-state index contributed by atoms with van der Waals surface area (Å²) in [7, 11) is -3.76. The van der Waals surface area contributed by atoms with Crippen LogP contribution in [0.25, 0.3) is 6.08 Å². The number of hydrogen-bond donors (Lipinski definition) is 0. The second kappa shape index (κ2) is 5.72. The Kier molecular flexibility index (Phi) is 4.02. The Bertz CT molecular complexity index is 785. The van der Waals surface area contributed by atoms with Crippen molar-refractivity contribution in [3.05, 3.63) is 70.6 Å². The highest BCUT2D eigenvalue weighted by Crippen LogP contribution is 2.21. The fourth-order valence-corrected chi connectivity index (χ4v) is 2.99. The Labute approximate surface area is 118 Å². The minimum absolute atomic E-state index is 0.125. The summed E-state index contributed by atoms with van der Waals surface area (Å²) < 4.78 is 24.7. The molecule has 0 unspecified atom stereocenters. The van der Waals surface area contributed by atoms with Crippen LogP contribution in [0.3, 0.4) is 0 Å². The van der Waals surface area contributed by atoms with Crippen molar-refractivity contribution in [3.63, 3.8) is 0 Å².